The normalized spacial score (nSPS) is 12.6. The van der Waals surface area contributed by atoms with Crippen LogP contribution in [0.15, 0.2) is 36.4 Å². The van der Waals surface area contributed by atoms with Gasteiger partial charge in [0, 0.05) is 16.1 Å². The first-order valence-electron chi connectivity index (χ1n) is 8.76. The molecular weight excluding hydrogens is 441 g/mol. The van der Waals surface area contributed by atoms with Gasteiger partial charge in [-0.15, -0.1) is 0 Å². The molecule has 0 bridgehead atoms. The van der Waals surface area contributed by atoms with Crippen LogP contribution in [-0.2, 0) is 14.3 Å². The third-order valence-corrected chi connectivity index (χ3v) is 4.60. The number of esters is 1. The van der Waals surface area contributed by atoms with E-state index in [2.05, 4.69) is 10.6 Å². The minimum Gasteiger partial charge on any atom is -0.451 e. The first kappa shape index (κ1) is 23.6. The molecular formula is C20H18Cl2F2N2O4. The average Bonchev–Trinajstić information content (AvgIpc) is 2.65. The Morgan fingerprint density at radius 2 is 1.77 bits per heavy atom. The molecule has 0 aliphatic heterocycles. The highest BCUT2D eigenvalue weighted by atomic mass is 35.5. The highest BCUT2D eigenvalue weighted by Crippen LogP contribution is 2.26. The van der Waals surface area contributed by atoms with Crippen molar-refractivity contribution in [2.24, 2.45) is 0 Å². The molecule has 0 aliphatic carbocycles. The fraction of sp³-hybridized carbons (Fsp3) is 0.250. The third-order valence-electron chi connectivity index (χ3n) is 4.03. The van der Waals surface area contributed by atoms with Crippen LogP contribution < -0.4 is 10.6 Å². The fourth-order valence-electron chi connectivity index (χ4n) is 2.47. The van der Waals surface area contributed by atoms with E-state index in [9.17, 15) is 23.2 Å². The van der Waals surface area contributed by atoms with Gasteiger partial charge < -0.3 is 15.4 Å². The van der Waals surface area contributed by atoms with Crippen molar-refractivity contribution < 1.29 is 27.9 Å². The molecule has 2 aromatic rings. The van der Waals surface area contributed by atoms with E-state index in [1.54, 1.807) is 19.1 Å². The maximum atomic E-state index is 13.6. The molecule has 0 heterocycles. The summed E-state index contributed by atoms with van der Waals surface area (Å²) in [6.45, 7) is 2.44. The lowest BCUT2D eigenvalue weighted by atomic mass is 10.1. The van der Waals surface area contributed by atoms with Crippen LogP contribution in [0.5, 0.6) is 0 Å². The van der Waals surface area contributed by atoms with E-state index >= 15 is 0 Å². The van der Waals surface area contributed by atoms with Crippen LogP contribution >= 0.6 is 23.2 Å². The summed E-state index contributed by atoms with van der Waals surface area (Å²) in [5.74, 6) is -4.32. The van der Waals surface area contributed by atoms with Gasteiger partial charge in [0.05, 0.1) is 11.6 Å². The maximum absolute atomic E-state index is 13.6. The molecule has 6 nitrogen and oxygen atoms in total. The lowest BCUT2D eigenvalue weighted by Gasteiger charge is -2.19. The predicted molar refractivity (Wildman–Crippen MR) is 107 cm³/mol. The Bertz CT molecular complexity index is 972. The molecule has 10 heteroatoms. The van der Waals surface area contributed by atoms with Crippen molar-refractivity contribution in [3.8, 4) is 0 Å². The Labute approximate surface area is 181 Å². The minimum absolute atomic E-state index is 0.371. The Morgan fingerprint density at radius 3 is 2.40 bits per heavy atom. The Kier molecular flexibility index (Phi) is 8.14. The number of carbonyl (C=O) groups is 3. The first-order valence-corrected chi connectivity index (χ1v) is 9.52. The van der Waals surface area contributed by atoms with Gasteiger partial charge in [-0.2, -0.15) is 0 Å². The molecule has 2 N–H and O–H groups in total. The topological polar surface area (TPSA) is 84.5 Å². The number of carbonyl (C=O) groups excluding carboxylic acids is 3. The van der Waals surface area contributed by atoms with Crippen LogP contribution in [0.4, 0.5) is 8.78 Å². The van der Waals surface area contributed by atoms with Crippen LogP contribution in [-0.4, -0.2) is 30.4 Å². The second kappa shape index (κ2) is 10.4. The molecule has 30 heavy (non-hydrogen) atoms. The van der Waals surface area contributed by atoms with E-state index in [1.807, 2.05) is 0 Å². The number of rotatable bonds is 7. The largest absolute Gasteiger partial charge is 0.451 e. The molecule has 0 saturated carbocycles. The standard InChI is InChI=1S/C20H18Cl2F2N2O4/c1-10(14-5-3-12(21)7-16(14)22)26-19(28)11(2)30-18(27)9-25-20(29)15-6-4-13(23)8-17(15)24/h3-8,10-11H,9H2,1-2H3,(H,25,29)(H,26,28). The highest BCUT2D eigenvalue weighted by Gasteiger charge is 2.22. The van der Waals surface area contributed by atoms with Crippen LogP contribution in [0.3, 0.4) is 0 Å². The van der Waals surface area contributed by atoms with Gasteiger partial charge in [-0.1, -0.05) is 29.3 Å². The molecule has 0 fully saturated rings. The molecule has 2 atom stereocenters. The lowest BCUT2D eigenvalue weighted by Crippen LogP contribution is -2.39. The van der Waals surface area contributed by atoms with Gasteiger partial charge in [0.1, 0.15) is 18.2 Å². The quantitative estimate of drug-likeness (QED) is 0.617. The molecule has 0 aliphatic rings. The third kappa shape index (κ3) is 6.40. The van der Waals surface area contributed by atoms with Crippen molar-refractivity contribution in [2.45, 2.75) is 26.0 Å². The van der Waals surface area contributed by atoms with Crippen LogP contribution in [0, 0.1) is 11.6 Å². The van der Waals surface area contributed by atoms with Crippen molar-refractivity contribution in [1.82, 2.24) is 10.6 Å². The molecule has 2 rings (SSSR count). The van der Waals surface area contributed by atoms with Crippen LogP contribution in [0.25, 0.3) is 0 Å². The molecule has 2 amide bonds. The smallest absolute Gasteiger partial charge is 0.326 e. The van der Waals surface area contributed by atoms with Crippen LogP contribution in [0.1, 0.15) is 35.8 Å². The first-order chi connectivity index (χ1) is 14.1. The zero-order valence-corrected chi connectivity index (χ0v) is 17.5. The number of halogens is 4. The summed E-state index contributed by atoms with van der Waals surface area (Å²) in [4.78, 5) is 36.0. The molecule has 160 valence electrons. The van der Waals surface area contributed by atoms with Crippen molar-refractivity contribution in [3.63, 3.8) is 0 Å². The summed E-state index contributed by atoms with van der Waals surface area (Å²) in [5, 5.41) is 5.62. The van der Waals surface area contributed by atoms with E-state index < -0.39 is 53.7 Å². The summed E-state index contributed by atoms with van der Waals surface area (Å²) >= 11 is 11.9. The summed E-state index contributed by atoms with van der Waals surface area (Å²) in [5.41, 5.74) is 0.199. The SMILES string of the molecule is CC(OC(=O)CNC(=O)c1ccc(F)cc1F)C(=O)NC(C)c1ccc(Cl)cc1Cl. The second-order valence-electron chi connectivity index (χ2n) is 6.34. The molecule has 2 aromatic carbocycles. The number of hydrogen-bond acceptors (Lipinski definition) is 4. The number of amides is 2. The summed E-state index contributed by atoms with van der Waals surface area (Å²) in [7, 11) is 0. The lowest BCUT2D eigenvalue weighted by molar-refractivity contribution is -0.154. The van der Waals surface area contributed by atoms with Crippen LogP contribution in [0.2, 0.25) is 10.0 Å². The highest BCUT2D eigenvalue weighted by molar-refractivity contribution is 6.35. The monoisotopic (exact) mass is 458 g/mol. The van der Waals surface area contributed by atoms with Gasteiger partial charge in [-0.3, -0.25) is 14.4 Å². The Balaban J connectivity index is 1.85. The molecule has 0 radical (unpaired) electrons. The molecule has 0 spiro atoms. The summed E-state index contributed by atoms with van der Waals surface area (Å²) in [6, 6.07) is 6.76. The van der Waals surface area contributed by atoms with E-state index in [4.69, 9.17) is 27.9 Å². The predicted octanol–water partition coefficient (Wildman–Crippen LogP) is 3.81. The number of benzene rings is 2. The number of ether oxygens (including phenoxy) is 1. The van der Waals surface area contributed by atoms with Gasteiger partial charge in [-0.25, -0.2) is 8.78 Å². The van der Waals surface area contributed by atoms with Gasteiger partial charge in [-0.05, 0) is 43.7 Å². The number of hydrogen-bond donors (Lipinski definition) is 2. The van der Waals surface area contributed by atoms with E-state index in [0.717, 1.165) is 12.1 Å². The van der Waals surface area contributed by atoms with Crippen molar-refractivity contribution >= 4 is 41.0 Å². The van der Waals surface area contributed by atoms with Gasteiger partial charge in [0.15, 0.2) is 6.10 Å². The summed E-state index contributed by atoms with van der Waals surface area (Å²) in [6.07, 6.45) is -1.16. The van der Waals surface area contributed by atoms with E-state index in [1.165, 1.54) is 13.0 Å². The second-order valence-corrected chi connectivity index (χ2v) is 7.18. The maximum Gasteiger partial charge on any atom is 0.326 e. The summed E-state index contributed by atoms with van der Waals surface area (Å²) < 4.78 is 31.4. The van der Waals surface area contributed by atoms with Crippen molar-refractivity contribution in [3.05, 3.63) is 69.2 Å². The molecule has 2 unspecified atom stereocenters. The molecule has 0 saturated heterocycles. The minimum atomic E-state index is -1.16. The Morgan fingerprint density at radius 1 is 1.07 bits per heavy atom. The fourth-order valence-corrected chi connectivity index (χ4v) is 3.05. The van der Waals surface area contributed by atoms with Gasteiger partial charge in [0.2, 0.25) is 0 Å². The number of nitrogens with one attached hydrogen (secondary N) is 2. The van der Waals surface area contributed by atoms with E-state index in [-0.39, 0.29) is 0 Å². The van der Waals surface area contributed by atoms with Crippen molar-refractivity contribution in [1.29, 1.82) is 0 Å². The van der Waals surface area contributed by atoms with Gasteiger partial charge >= 0.3 is 5.97 Å². The Hall–Kier alpha value is -2.71. The zero-order chi connectivity index (χ0) is 22.4. The average molecular weight is 459 g/mol. The van der Waals surface area contributed by atoms with Crippen molar-refractivity contribution in [2.75, 3.05) is 6.54 Å². The van der Waals surface area contributed by atoms with Gasteiger partial charge in [0.25, 0.3) is 11.8 Å². The molecule has 0 aromatic heterocycles. The zero-order valence-electron chi connectivity index (χ0n) is 16.0. The van der Waals surface area contributed by atoms with E-state index in [0.29, 0.717) is 21.7 Å².